The van der Waals surface area contributed by atoms with E-state index in [4.69, 9.17) is 5.73 Å². The van der Waals surface area contributed by atoms with Crippen LogP contribution in [-0.4, -0.2) is 15.7 Å². The number of rotatable bonds is 5. The van der Waals surface area contributed by atoms with Gasteiger partial charge in [0.25, 0.3) is 0 Å². The molecule has 0 fully saturated rings. The predicted molar refractivity (Wildman–Crippen MR) is 75.0 cm³/mol. The first-order valence-corrected chi connectivity index (χ1v) is 6.69. The summed E-state index contributed by atoms with van der Waals surface area (Å²) in [5.41, 5.74) is 7.98. The molecule has 0 radical (unpaired) electrons. The summed E-state index contributed by atoms with van der Waals surface area (Å²) in [5, 5.41) is 4.44. The monoisotopic (exact) mass is 275 g/mol. The molecule has 1 aromatic carbocycles. The SMILES string of the molecule is CCc1cc(CC)n(Cc2cc(C(N)=O)ccc2F)n1. The molecule has 5 heteroatoms. The third-order valence-electron chi connectivity index (χ3n) is 3.29. The van der Waals surface area contributed by atoms with Crippen LogP contribution in [0.5, 0.6) is 0 Å². The fourth-order valence-electron chi connectivity index (χ4n) is 2.12. The van der Waals surface area contributed by atoms with E-state index in [-0.39, 0.29) is 5.82 Å². The van der Waals surface area contributed by atoms with E-state index >= 15 is 0 Å². The summed E-state index contributed by atoms with van der Waals surface area (Å²) in [4.78, 5) is 11.2. The van der Waals surface area contributed by atoms with Gasteiger partial charge in [-0.15, -0.1) is 0 Å². The van der Waals surface area contributed by atoms with E-state index in [1.807, 2.05) is 19.9 Å². The quantitative estimate of drug-likeness (QED) is 0.910. The van der Waals surface area contributed by atoms with E-state index < -0.39 is 5.91 Å². The molecule has 0 saturated carbocycles. The molecular formula is C15H18FN3O. The molecule has 2 aromatic rings. The van der Waals surface area contributed by atoms with E-state index in [0.29, 0.717) is 17.7 Å². The first-order valence-electron chi connectivity index (χ1n) is 6.69. The number of carbonyl (C=O) groups excluding carboxylic acids is 1. The lowest BCUT2D eigenvalue weighted by atomic mass is 10.1. The molecule has 0 saturated heterocycles. The van der Waals surface area contributed by atoms with Crippen LogP contribution in [0.2, 0.25) is 0 Å². The highest BCUT2D eigenvalue weighted by atomic mass is 19.1. The second-order valence-electron chi connectivity index (χ2n) is 4.66. The average molecular weight is 275 g/mol. The first kappa shape index (κ1) is 14.2. The lowest BCUT2D eigenvalue weighted by Gasteiger charge is -2.08. The van der Waals surface area contributed by atoms with Gasteiger partial charge >= 0.3 is 0 Å². The summed E-state index contributed by atoms with van der Waals surface area (Å²) in [5.74, 6) is -0.915. The standard InChI is InChI=1S/C15H18FN3O/c1-3-12-8-13(4-2)19(18-12)9-11-7-10(15(17)20)5-6-14(11)16/h5-8H,3-4,9H2,1-2H3,(H2,17,20). The summed E-state index contributed by atoms with van der Waals surface area (Å²) in [6, 6.07) is 6.17. The van der Waals surface area contributed by atoms with E-state index in [0.717, 1.165) is 24.2 Å². The number of halogens is 1. The van der Waals surface area contributed by atoms with Gasteiger partial charge in [-0.1, -0.05) is 13.8 Å². The molecule has 0 spiro atoms. The summed E-state index contributed by atoms with van der Waals surface area (Å²) < 4.78 is 15.6. The smallest absolute Gasteiger partial charge is 0.248 e. The Bertz CT molecular complexity index is 634. The van der Waals surface area contributed by atoms with Gasteiger partial charge in [0.2, 0.25) is 5.91 Å². The number of carbonyl (C=O) groups is 1. The zero-order chi connectivity index (χ0) is 14.7. The van der Waals surface area contributed by atoms with Crippen LogP contribution in [0.1, 0.15) is 41.2 Å². The Morgan fingerprint density at radius 2 is 2.05 bits per heavy atom. The number of hydrogen-bond acceptors (Lipinski definition) is 2. The van der Waals surface area contributed by atoms with Gasteiger partial charge in [-0.2, -0.15) is 5.10 Å². The average Bonchev–Trinajstić information content (AvgIpc) is 2.83. The minimum absolute atomic E-state index is 0.302. The molecule has 0 bridgehead atoms. The molecule has 0 unspecified atom stereocenters. The number of aromatic nitrogens is 2. The second-order valence-corrected chi connectivity index (χ2v) is 4.66. The van der Waals surface area contributed by atoms with Gasteiger partial charge in [-0.25, -0.2) is 4.39 Å². The number of nitrogens with zero attached hydrogens (tertiary/aromatic N) is 2. The molecule has 106 valence electrons. The van der Waals surface area contributed by atoms with Crippen molar-refractivity contribution in [3.63, 3.8) is 0 Å². The molecule has 1 aromatic heterocycles. The summed E-state index contributed by atoms with van der Waals surface area (Å²) >= 11 is 0. The van der Waals surface area contributed by atoms with E-state index in [1.165, 1.54) is 18.2 Å². The first-order chi connectivity index (χ1) is 9.55. The number of aryl methyl sites for hydroxylation is 2. The van der Waals surface area contributed by atoms with Crippen molar-refractivity contribution in [1.82, 2.24) is 9.78 Å². The highest BCUT2D eigenvalue weighted by Crippen LogP contribution is 2.14. The van der Waals surface area contributed by atoms with Gasteiger partial charge in [0.05, 0.1) is 12.2 Å². The van der Waals surface area contributed by atoms with Crippen LogP contribution in [0, 0.1) is 5.82 Å². The Morgan fingerprint density at radius 3 is 2.65 bits per heavy atom. The Morgan fingerprint density at radius 1 is 1.30 bits per heavy atom. The Hall–Kier alpha value is -2.17. The molecule has 2 rings (SSSR count). The molecular weight excluding hydrogens is 257 g/mol. The second kappa shape index (κ2) is 5.86. The van der Waals surface area contributed by atoms with Crippen molar-refractivity contribution in [2.75, 3.05) is 0 Å². The third-order valence-corrected chi connectivity index (χ3v) is 3.29. The van der Waals surface area contributed by atoms with Gasteiger partial charge in [0.15, 0.2) is 0 Å². The Kier molecular flexibility index (Phi) is 4.17. The van der Waals surface area contributed by atoms with Crippen molar-refractivity contribution in [3.05, 3.63) is 52.6 Å². The molecule has 4 nitrogen and oxygen atoms in total. The molecule has 0 aliphatic heterocycles. The Balaban J connectivity index is 2.36. The van der Waals surface area contributed by atoms with Gasteiger partial charge < -0.3 is 5.73 Å². The maximum Gasteiger partial charge on any atom is 0.248 e. The number of amides is 1. The van der Waals surface area contributed by atoms with E-state index in [9.17, 15) is 9.18 Å². The van der Waals surface area contributed by atoms with E-state index in [1.54, 1.807) is 4.68 Å². The molecule has 0 aliphatic carbocycles. The van der Waals surface area contributed by atoms with Gasteiger partial charge in [0.1, 0.15) is 5.82 Å². The number of benzene rings is 1. The molecule has 0 atom stereocenters. The number of nitrogens with two attached hydrogens (primary N) is 1. The van der Waals surface area contributed by atoms with Gasteiger partial charge in [0, 0.05) is 16.8 Å². The maximum atomic E-state index is 13.8. The predicted octanol–water partition coefficient (Wildman–Crippen LogP) is 2.29. The van der Waals surface area contributed by atoms with Crippen molar-refractivity contribution in [2.45, 2.75) is 33.2 Å². The summed E-state index contributed by atoms with van der Waals surface area (Å²) in [6.45, 7) is 4.36. The zero-order valence-corrected chi connectivity index (χ0v) is 11.7. The minimum Gasteiger partial charge on any atom is -0.366 e. The van der Waals surface area contributed by atoms with Crippen LogP contribution in [-0.2, 0) is 19.4 Å². The molecule has 1 heterocycles. The lowest BCUT2D eigenvalue weighted by Crippen LogP contribution is -2.13. The highest BCUT2D eigenvalue weighted by molar-refractivity contribution is 5.92. The topological polar surface area (TPSA) is 60.9 Å². The fourth-order valence-corrected chi connectivity index (χ4v) is 2.12. The molecule has 1 amide bonds. The van der Waals surface area contributed by atoms with Gasteiger partial charge in [-0.05, 0) is 37.1 Å². The normalized spacial score (nSPS) is 10.8. The summed E-state index contributed by atoms with van der Waals surface area (Å²) in [7, 11) is 0. The van der Waals surface area contributed by atoms with Crippen LogP contribution in [0.4, 0.5) is 4.39 Å². The summed E-state index contributed by atoms with van der Waals surface area (Å²) in [6.07, 6.45) is 1.66. The van der Waals surface area contributed by atoms with Crippen molar-refractivity contribution >= 4 is 5.91 Å². The minimum atomic E-state index is -0.559. The number of primary amides is 1. The van der Waals surface area contributed by atoms with Crippen molar-refractivity contribution in [2.24, 2.45) is 5.73 Å². The molecule has 2 N–H and O–H groups in total. The Labute approximate surface area is 117 Å². The van der Waals surface area contributed by atoms with Crippen molar-refractivity contribution in [1.29, 1.82) is 0 Å². The van der Waals surface area contributed by atoms with Crippen LogP contribution in [0.15, 0.2) is 24.3 Å². The van der Waals surface area contributed by atoms with Crippen molar-refractivity contribution in [3.8, 4) is 0 Å². The highest BCUT2D eigenvalue weighted by Gasteiger charge is 2.11. The molecule has 0 aliphatic rings. The van der Waals surface area contributed by atoms with Crippen LogP contribution < -0.4 is 5.73 Å². The maximum absolute atomic E-state index is 13.8. The number of hydrogen-bond donors (Lipinski definition) is 1. The third kappa shape index (κ3) is 2.87. The van der Waals surface area contributed by atoms with Crippen LogP contribution in [0.25, 0.3) is 0 Å². The molecule has 20 heavy (non-hydrogen) atoms. The largest absolute Gasteiger partial charge is 0.366 e. The fraction of sp³-hybridized carbons (Fsp3) is 0.333. The van der Waals surface area contributed by atoms with Crippen molar-refractivity contribution < 1.29 is 9.18 Å². The zero-order valence-electron chi connectivity index (χ0n) is 11.7. The van der Waals surface area contributed by atoms with E-state index in [2.05, 4.69) is 5.10 Å². The van der Waals surface area contributed by atoms with Crippen LogP contribution in [0.3, 0.4) is 0 Å². The van der Waals surface area contributed by atoms with Gasteiger partial charge in [-0.3, -0.25) is 9.48 Å². The lowest BCUT2D eigenvalue weighted by molar-refractivity contribution is 0.1000. The van der Waals surface area contributed by atoms with Crippen LogP contribution >= 0.6 is 0 Å².